The number of para-hydroxylation sites is 1. The summed E-state index contributed by atoms with van der Waals surface area (Å²) in [5.74, 6) is 0.781. The molecule has 106 valence electrons. The van der Waals surface area contributed by atoms with E-state index in [0.717, 1.165) is 0 Å². The van der Waals surface area contributed by atoms with Crippen LogP contribution in [0.3, 0.4) is 0 Å². The molecule has 0 spiro atoms. The van der Waals surface area contributed by atoms with E-state index in [-0.39, 0.29) is 24.0 Å². The zero-order chi connectivity index (χ0) is 13.5. The highest BCUT2D eigenvalue weighted by Crippen LogP contribution is 2.23. The third-order valence-electron chi connectivity index (χ3n) is 2.39. The van der Waals surface area contributed by atoms with Crippen LogP contribution >= 0.6 is 12.4 Å². The predicted molar refractivity (Wildman–Crippen MR) is 79.4 cm³/mol. The van der Waals surface area contributed by atoms with Crippen LogP contribution < -0.4 is 15.8 Å². The van der Waals surface area contributed by atoms with Gasteiger partial charge in [0.15, 0.2) is 11.4 Å². The second-order valence-electron chi connectivity index (χ2n) is 3.81. The molecule has 1 aromatic heterocycles. The number of hydrogen-bond donors (Lipinski definition) is 2. The first kappa shape index (κ1) is 15.9. The quantitative estimate of drug-likeness (QED) is 0.884. The number of rotatable bonds is 5. The standard InChI is InChI=1S/C14H15N3O2.ClH/c15-8-10-17-14(18)13-12(7-4-9-16-13)19-11-5-2-1-3-6-11;/h1-7,9H,8,10,15H2,(H,17,18);1H. The molecule has 3 N–H and O–H groups in total. The molecule has 1 amide bonds. The number of aromatic nitrogens is 1. The molecule has 0 aliphatic carbocycles. The largest absolute Gasteiger partial charge is 0.455 e. The van der Waals surface area contributed by atoms with Crippen LogP contribution in [-0.4, -0.2) is 24.0 Å². The Hall–Kier alpha value is -2.11. The highest BCUT2D eigenvalue weighted by Gasteiger charge is 2.13. The molecule has 1 aromatic carbocycles. The van der Waals surface area contributed by atoms with Gasteiger partial charge >= 0.3 is 0 Å². The summed E-state index contributed by atoms with van der Waals surface area (Å²) in [7, 11) is 0. The third kappa shape index (κ3) is 4.22. The number of ether oxygens (including phenoxy) is 1. The zero-order valence-electron chi connectivity index (χ0n) is 10.8. The summed E-state index contributed by atoms with van der Waals surface area (Å²) in [6, 6.07) is 12.7. The van der Waals surface area contributed by atoms with Crippen molar-refractivity contribution in [2.24, 2.45) is 5.73 Å². The van der Waals surface area contributed by atoms with Crippen molar-refractivity contribution in [3.8, 4) is 11.5 Å². The van der Waals surface area contributed by atoms with Crippen LogP contribution in [-0.2, 0) is 0 Å². The van der Waals surface area contributed by atoms with Gasteiger partial charge in [0.2, 0.25) is 0 Å². The number of amides is 1. The lowest BCUT2D eigenvalue weighted by Crippen LogP contribution is -2.29. The summed E-state index contributed by atoms with van der Waals surface area (Å²) >= 11 is 0. The minimum Gasteiger partial charge on any atom is -0.455 e. The maximum absolute atomic E-state index is 11.9. The number of nitrogens with one attached hydrogen (secondary N) is 1. The normalized spacial score (nSPS) is 9.45. The molecule has 0 fully saturated rings. The van der Waals surface area contributed by atoms with Crippen LogP contribution in [0.25, 0.3) is 0 Å². The van der Waals surface area contributed by atoms with Gasteiger partial charge in [0.1, 0.15) is 5.75 Å². The predicted octanol–water partition coefficient (Wildman–Crippen LogP) is 1.98. The summed E-state index contributed by atoms with van der Waals surface area (Å²) in [5.41, 5.74) is 5.60. The van der Waals surface area contributed by atoms with Crippen molar-refractivity contribution in [3.05, 3.63) is 54.4 Å². The van der Waals surface area contributed by atoms with Gasteiger partial charge in [-0.05, 0) is 24.3 Å². The lowest BCUT2D eigenvalue weighted by molar-refractivity contribution is 0.0947. The average molecular weight is 294 g/mol. The Morgan fingerprint density at radius 1 is 1.20 bits per heavy atom. The zero-order valence-corrected chi connectivity index (χ0v) is 11.6. The highest BCUT2D eigenvalue weighted by molar-refractivity contribution is 5.94. The molecule has 0 saturated heterocycles. The van der Waals surface area contributed by atoms with Crippen molar-refractivity contribution >= 4 is 18.3 Å². The van der Waals surface area contributed by atoms with E-state index in [1.807, 2.05) is 30.3 Å². The fourth-order valence-corrected chi connectivity index (χ4v) is 1.53. The fraction of sp³-hybridized carbons (Fsp3) is 0.143. The number of halogens is 1. The fourth-order valence-electron chi connectivity index (χ4n) is 1.53. The molecule has 0 aliphatic rings. The van der Waals surface area contributed by atoms with Gasteiger partial charge in [0, 0.05) is 19.3 Å². The van der Waals surface area contributed by atoms with E-state index in [0.29, 0.717) is 24.6 Å². The summed E-state index contributed by atoms with van der Waals surface area (Å²) in [4.78, 5) is 16.0. The summed E-state index contributed by atoms with van der Waals surface area (Å²) in [5, 5.41) is 2.67. The maximum Gasteiger partial charge on any atom is 0.273 e. The number of pyridine rings is 1. The second kappa shape index (κ2) is 8.14. The first-order valence-electron chi connectivity index (χ1n) is 5.97. The molecule has 0 aliphatic heterocycles. The lowest BCUT2D eigenvalue weighted by Gasteiger charge is -2.09. The third-order valence-corrected chi connectivity index (χ3v) is 2.39. The molecule has 0 atom stereocenters. The number of nitrogens with two attached hydrogens (primary N) is 1. The molecule has 2 rings (SSSR count). The number of hydrogen-bond acceptors (Lipinski definition) is 4. The molecule has 1 heterocycles. The number of benzene rings is 1. The van der Waals surface area contributed by atoms with E-state index in [2.05, 4.69) is 10.3 Å². The molecule has 6 heteroatoms. The maximum atomic E-state index is 11.9. The van der Waals surface area contributed by atoms with Gasteiger partial charge < -0.3 is 15.8 Å². The van der Waals surface area contributed by atoms with Crippen LogP contribution in [0.2, 0.25) is 0 Å². The minimum atomic E-state index is -0.294. The number of nitrogens with zero attached hydrogens (tertiary/aromatic N) is 1. The minimum absolute atomic E-state index is 0. The van der Waals surface area contributed by atoms with Crippen LogP contribution in [0.15, 0.2) is 48.7 Å². The van der Waals surface area contributed by atoms with E-state index < -0.39 is 0 Å². The lowest BCUT2D eigenvalue weighted by atomic mass is 10.3. The van der Waals surface area contributed by atoms with Crippen LogP contribution in [0.1, 0.15) is 10.5 Å². The Balaban J connectivity index is 0.00000200. The van der Waals surface area contributed by atoms with Gasteiger partial charge in [-0.25, -0.2) is 4.98 Å². The molecular weight excluding hydrogens is 278 g/mol. The van der Waals surface area contributed by atoms with Gasteiger partial charge in [-0.15, -0.1) is 12.4 Å². The smallest absolute Gasteiger partial charge is 0.273 e. The molecule has 0 saturated carbocycles. The van der Waals surface area contributed by atoms with E-state index >= 15 is 0 Å². The topological polar surface area (TPSA) is 77.2 Å². The van der Waals surface area contributed by atoms with E-state index in [4.69, 9.17) is 10.5 Å². The van der Waals surface area contributed by atoms with Crippen molar-refractivity contribution < 1.29 is 9.53 Å². The van der Waals surface area contributed by atoms with Crippen LogP contribution in [0, 0.1) is 0 Å². The van der Waals surface area contributed by atoms with Gasteiger partial charge in [0.05, 0.1) is 0 Å². The van der Waals surface area contributed by atoms with Crippen LogP contribution in [0.5, 0.6) is 11.5 Å². The van der Waals surface area contributed by atoms with Gasteiger partial charge in [-0.1, -0.05) is 18.2 Å². The van der Waals surface area contributed by atoms with E-state index in [1.165, 1.54) is 0 Å². The second-order valence-corrected chi connectivity index (χ2v) is 3.81. The number of carbonyl (C=O) groups is 1. The number of carbonyl (C=O) groups excluding carboxylic acids is 1. The average Bonchev–Trinajstić information content (AvgIpc) is 2.46. The Morgan fingerprint density at radius 3 is 2.65 bits per heavy atom. The van der Waals surface area contributed by atoms with Crippen molar-refractivity contribution in [2.75, 3.05) is 13.1 Å². The van der Waals surface area contributed by atoms with Gasteiger partial charge in [-0.3, -0.25) is 4.79 Å². The highest BCUT2D eigenvalue weighted by atomic mass is 35.5. The van der Waals surface area contributed by atoms with Crippen molar-refractivity contribution in [1.29, 1.82) is 0 Å². The first-order valence-corrected chi connectivity index (χ1v) is 5.97. The molecule has 0 unspecified atom stereocenters. The summed E-state index contributed by atoms with van der Waals surface area (Å²) in [6.45, 7) is 0.785. The summed E-state index contributed by atoms with van der Waals surface area (Å²) < 4.78 is 5.66. The Labute approximate surface area is 123 Å². The SMILES string of the molecule is Cl.NCCNC(=O)c1ncccc1Oc1ccccc1. The first-order chi connectivity index (χ1) is 9.31. The molecular formula is C14H16ClN3O2. The van der Waals surface area contributed by atoms with Crippen molar-refractivity contribution in [3.63, 3.8) is 0 Å². The molecule has 0 radical (unpaired) electrons. The Kier molecular flexibility index (Phi) is 6.49. The summed E-state index contributed by atoms with van der Waals surface area (Å²) in [6.07, 6.45) is 1.55. The molecule has 2 aromatic rings. The van der Waals surface area contributed by atoms with Crippen molar-refractivity contribution in [1.82, 2.24) is 10.3 Å². The molecule has 5 nitrogen and oxygen atoms in total. The van der Waals surface area contributed by atoms with Gasteiger partial charge in [0.25, 0.3) is 5.91 Å². The van der Waals surface area contributed by atoms with Crippen molar-refractivity contribution in [2.45, 2.75) is 0 Å². The van der Waals surface area contributed by atoms with E-state index in [9.17, 15) is 4.79 Å². The van der Waals surface area contributed by atoms with Crippen LogP contribution in [0.4, 0.5) is 0 Å². The Bertz CT molecular complexity index is 549. The monoisotopic (exact) mass is 293 g/mol. The van der Waals surface area contributed by atoms with Gasteiger partial charge in [-0.2, -0.15) is 0 Å². The Morgan fingerprint density at radius 2 is 1.95 bits per heavy atom. The molecule has 20 heavy (non-hydrogen) atoms. The van der Waals surface area contributed by atoms with E-state index in [1.54, 1.807) is 18.3 Å². The molecule has 0 bridgehead atoms.